The van der Waals surface area contributed by atoms with Crippen molar-refractivity contribution in [2.24, 2.45) is 0 Å². The molecule has 0 bridgehead atoms. The highest BCUT2D eigenvalue weighted by atomic mass is 19.3. The van der Waals surface area contributed by atoms with Crippen LogP contribution in [0.4, 0.5) is 8.78 Å². The molecular formula is C11H14F2O2. The summed E-state index contributed by atoms with van der Waals surface area (Å²) < 4.78 is 31.7. The molecule has 0 aliphatic rings. The van der Waals surface area contributed by atoms with E-state index >= 15 is 0 Å². The second-order valence-electron chi connectivity index (χ2n) is 3.36. The highest BCUT2D eigenvalue weighted by Crippen LogP contribution is 2.33. The van der Waals surface area contributed by atoms with Crippen LogP contribution in [-0.2, 0) is 5.92 Å². The maximum Gasteiger partial charge on any atom is 0.275 e. The van der Waals surface area contributed by atoms with Crippen LogP contribution in [0.3, 0.4) is 0 Å². The van der Waals surface area contributed by atoms with E-state index in [1.54, 1.807) is 6.92 Å². The molecule has 0 aromatic heterocycles. The number of alkyl halides is 2. The van der Waals surface area contributed by atoms with Crippen molar-refractivity contribution in [2.45, 2.75) is 19.3 Å². The van der Waals surface area contributed by atoms with Crippen molar-refractivity contribution in [3.8, 4) is 5.75 Å². The Bertz CT molecular complexity index is 337. The van der Waals surface area contributed by atoms with Crippen LogP contribution >= 0.6 is 0 Å². The lowest BCUT2D eigenvalue weighted by Crippen LogP contribution is -2.15. The summed E-state index contributed by atoms with van der Waals surface area (Å²) in [5.41, 5.74) is 0.572. The van der Waals surface area contributed by atoms with Crippen LogP contribution in [0.2, 0.25) is 0 Å². The molecule has 0 heterocycles. The fourth-order valence-electron chi connectivity index (χ4n) is 1.39. The van der Waals surface area contributed by atoms with Crippen LogP contribution in [0.15, 0.2) is 18.2 Å². The molecule has 1 N–H and O–H groups in total. The molecule has 0 aliphatic heterocycles. The number of ether oxygens (including phenoxy) is 1. The van der Waals surface area contributed by atoms with Gasteiger partial charge in [-0.1, -0.05) is 0 Å². The first-order valence-electron chi connectivity index (χ1n) is 4.65. The Hall–Kier alpha value is -1.16. The van der Waals surface area contributed by atoms with Gasteiger partial charge in [-0.2, -0.15) is 0 Å². The van der Waals surface area contributed by atoms with Crippen LogP contribution in [0.1, 0.15) is 17.5 Å². The molecule has 1 aromatic carbocycles. The van der Waals surface area contributed by atoms with Gasteiger partial charge in [0.25, 0.3) is 5.92 Å². The van der Waals surface area contributed by atoms with E-state index in [0.717, 1.165) is 0 Å². The molecule has 1 rings (SSSR count). The van der Waals surface area contributed by atoms with Gasteiger partial charge in [0.15, 0.2) is 0 Å². The molecule has 2 nitrogen and oxygen atoms in total. The highest BCUT2D eigenvalue weighted by molar-refractivity contribution is 5.37. The molecule has 0 aliphatic carbocycles. The first-order chi connectivity index (χ1) is 7.01. The van der Waals surface area contributed by atoms with Gasteiger partial charge < -0.3 is 9.84 Å². The number of rotatable bonds is 4. The summed E-state index contributed by atoms with van der Waals surface area (Å²) in [4.78, 5) is 0. The molecule has 0 radical (unpaired) electrons. The first kappa shape index (κ1) is 11.9. The topological polar surface area (TPSA) is 29.5 Å². The van der Waals surface area contributed by atoms with Crippen LogP contribution < -0.4 is 4.74 Å². The van der Waals surface area contributed by atoms with Gasteiger partial charge in [-0.15, -0.1) is 0 Å². The summed E-state index contributed by atoms with van der Waals surface area (Å²) >= 11 is 0. The number of hydrogen-bond acceptors (Lipinski definition) is 2. The average Bonchev–Trinajstić information content (AvgIpc) is 2.17. The summed E-state index contributed by atoms with van der Waals surface area (Å²) in [7, 11) is 1.49. The van der Waals surface area contributed by atoms with Crippen molar-refractivity contribution in [1.29, 1.82) is 0 Å². The molecule has 0 saturated carbocycles. The lowest BCUT2D eigenvalue weighted by Gasteiger charge is -2.16. The van der Waals surface area contributed by atoms with Gasteiger partial charge in [-0.05, 0) is 30.7 Å². The van der Waals surface area contributed by atoms with E-state index in [9.17, 15) is 8.78 Å². The zero-order chi connectivity index (χ0) is 11.5. The van der Waals surface area contributed by atoms with Crippen LogP contribution in [0.5, 0.6) is 5.75 Å². The molecule has 84 valence electrons. The zero-order valence-corrected chi connectivity index (χ0v) is 8.76. The van der Waals surface area contributed by atoms with Gasteiger partial charge in [0, 0.05) is 18.6 Å². The van der Waals surface area contributed by atoms with Crippen LogP contribution in [0.25, 0.3) is 0 Å². The molecule has 0 saturated heterocycles. The molecule has 0 amide bonds. The molecule has 4 heteroatoms. The molecule has 0 atom stereocenters. The zero-order valence-electron chi connectivity index (χ0n) is 8.76. The van der Waals surface area contributed by atoms with Crippen LogP contribution in [-0.4, -0.2) is 18.8 Å². The minimum atomic E-state index is -2.98. The molecular weight excluding hydrogens is 202 g/mol. The molecule has 0 spiro atoms. The van der Waals surface area contributed by atoms with E-state index in [1.807, 2.05) is 0 Å². The van der Waals surface area contributed by atoms with Gasteiger partial charge in [0.2, 0.25) is 0 Å². The van der Waals surface area contributed by atoms with Crippen molar-refractivity contribution in [3.05, 3.63) is 29.3 Å². The Kier molecular flexibility index (Phi) is 3.63. The Labute approximate surface area is 87.5 Å². The lowest BCUT2D eigenvalue weighted by atomic mass is 10.0. The quantitative estimate of drug-likeness (QED) is 0.837. The summed E-state index contributed by atoms with van der Waals surface area (Å²) in [6.07, 6.45) is -0.557. The summed E-state index contributed by atoms with van der Waals surface area (Å²) in [6.45, 7) is 1.18. The number of aliphatic hydroxyl groups excluding tert-OH is 1. The van der Waals surface area contributed by atoms with E-state index in [2.05, 4.69) is 0 Å². The monoisotopic (exact) mass is 216 g/mol. The number of hydrogen-bond donors (Lipinski definition) is 1. The number of benzene rings is 1. The predicted molar refractivity (Wildman–Crippen MR) is 53.3 cm³/mol. The minimum Gasteiger partial charge on any atom is -0.496 e. The number of aliphatic hydroxyl groups is 1. The fraction of sp³-hybridized carbons (Fsp3) is 0.455. The van der Waals surface area contributed by atoms with Crippen molar-refractivity contribution < 1.29 is 18.6 Å². The third-order valence-electron chi connectivity index (χ3n) is 2.24. The van der Waals surface area contributed by atoms with Gasteiger partial charge in [-0.25, -0.2) is 8.78 Å². The van der Waals surface area contributed by atoms with Crippen molar-refractivity contribution in [2.75, 3.05) is 13.7 Å². The van der Waals surface area contributed by atoms with Gasteiger partial charge in [-0.3, -0.25) is 0 Å². The third kappa shape index (κ3) is 2.65. The van der Waals surface area contributed by atoms with Gasteiger partial charge >= 0.3 is 0 Å². The van der Waals surface area contributed by atoms with E-state index in [4.69, 9.17) is 9.84 Å². The smallest absolute Gasteiger partial charge is 0.275 e. The van der Waals surface area contributed by atoms with E-state index < -0.39 is 19.0 Å². The lowest BCUT2D eigenvalue weighted by molar-refractivity contribution is -0.0270. The average molecular weight is 216 g/mol. The SMILES string of the molecule is COc1ccc(C(F)(F)CCO)cc1C. The summed E-state index contributed by atoms with van der Waals surface area (Å²) in [5, 5.41) is 8.53. The third-order valence-corrected chi connectivity index (χ3v) is 2.24. The Morgan fingerprint density at radius 1 is 1.40 bits per heavy atom. The molecule has 15 heavy (non-hydrogen) atoms. The second-order valence-corrected chi connectivity index (χ2v) is 3.36. The standard InChI is InChI=1S/C11H14F2O2/c1-8-7-9(3-4-10(8)15-2)11(12,13)5-6-14/h3-4,7,14H,5-6H2,1-2H3. The number of aryl methyl sites for hydroxylation is 1. The largest absolute Gasteiger partial charge is 0.496 e. The maximum atomic E-state index is 13.4. The van der Waals surface area contributed by atoms with E-state index in [-0.39, 0.29) is 5.56 Å². The van der Waals surface area contributed by atoms with Crippen molar-refractivity contribution in [3.63, 3.8) is 0 Å². The second kappa shape index (κ2) is 4.57. The summed E-state index contributed by atoms with van der Waals surface area (Å²) in [6, 6.07) is 4.21. The van der Waals surface area contributed by atoms with Crippen molar-refractivity contribution >= 4 is 0 Å². The molecule has 0 fully saturated rings. The normalized spacial score (nSPS) is 11.5. The minimum absolute atomic E-state index is 0.0881. The fourth-order valence-corrected chi connectivity index (χ4v) is 1.39. The predicted octanol–water partition coefficient (Wildman–Crippen LogP) is 2.48. The number of methoxy groups -OCH3 is 1. The maximum absolute atomic E-state index is 13.4. The van der Waals surface area contributed by atoms with E-state index in [1.165, 1.54) is 25.3 Å². The highest BCUT2D eigenvalue weighted by Gasteiger charge is 2.30. The Balaban J connectivity index is 3.01. The Morgan fingerprint density at radius 3 is 2.53 bits per heavy atom. The van der Waals surface area contributed by atoms with Gasteiger partial charge in [0.1, 0.15) is 5.75 Å². The molecule has 0 unspecified atom stereocenters. The van der Waals surface area contributed by atoms with E-state index in [0.29, 0.717) is 11.3 Å². The van der Waals surface area contributed by atoms with Crippen LogP contribution in [0, 0.1) is 6.92 Å². The number of halogens is 2. The molecule has 1 aromatic rings. The van der Waals surface area contributed by atoms with Gasteiger partial charge in [0.05, 0.1) is 7.11 Å². The summed E-state index contributed by atoms with van der Waals surface area (Å²) in [5.74, 6) is -2.40. The Morgan fingerprint density at radius 2 is 2.07 bits per heavy atom. The van der Waals surface area contributed by atoms with Crippen molar-refractivity contribution in [1.82, 2.24) is 0 Å². The first-order valence-corrected chi connectivity index (χ1v) is 4.65.